The number of carbonyl (C=O) groups excluding carboxylic acids is 1. The molecule has 4 nitrogen and oxygen atoms in total. The molecular weight excluding hydrogens is 254 g/mol. The third kappa shape index (κ3) is 3.74. The van der Waals surface area contributed by atoms with Gasteiger partial charge in [0.05, 0.1) is 5.92 Å². The molecule has 0 aromatic carbocycles. The lowest BCUT2D eigenvalue weighted by Crippen LogP contribution is -2.45. The molecule has 2 saturated carbocycles. The summed E-state index contributed by atoms with van der Waals surface area (Å²) in [7, 11) is 0. The predicted molar refractivity (Wildman–Crippen MR) is 77.2 cm³/mol. The van der Waals surface area contributed by atoms with E-state index in [0.29, 0.717) is 24.8 Å². The summed E-state index contributed by atoms with van der Waals surface area (Å²) in [6, 6.07) is 0.316. The molecular formula is C16H27NO3. The van der Waals surface area contributed by atoms with Crippen molar-refractivity contribution in [3.8, 4) is 0 Å². The van der Waals surface area contributed by atoms with Crippen molar-refractivity contribution < 1.29 is 14.7 Å². The fourth-order valence-corrected chi connectivity index (χ4v) is 3.78. The van der Waals surface area contributed by atoms with Crippen LogP contribution in [-0.4, -0.2) is 23.0 Å². The van der Waals surface area contributed by atoms with Crippen LogP contribution in [0.3, 0.4) is 0 Å². The van der Waals surface area contributed by atoms with E-state index in [0.717, 1.165) is 25.2 Å². The number of hydrogen-bond donors (Lipinski definition) is 2. The first-order chi connectivity index (χ1) is 9.47. The number of carboxylic acid groups (broad SMARTS) is 1. The van der Waals surface area contributed by atoms with Gasteiger partial charge in [-0.05, 0) is 56.8 Å². The van der Waals surface area contributed by atoms with Crippen LogP contribution in [0.15, 0.2) is 0 Å². The largest absolute Gasteiger partial charge is 0.481 e. The summed E-state index contributed by atoms with van der Waals surface area (Å²) < 4.78 is 0. The lowest BCUT2D eigenvalue weighted by molar-refractivity contribution is -0.144. The third-order valence-corrected chi connectivity index (χ3v) is 5.21. The molecule has 0 saturated heterocycles. The molecule has 0 aromatic heterocycles. The first-order valence-electron chi connectivity index (χ1n) is 8.00. The van der Waals surface area contributed by atoms with Gasteiger partial charge in [0.1, 0.15) is 0 Å². The monoisotopic (exact) mass is 281 g/mol. The van der Waals surface area contributed by atoms with Crippen molar-refractivity contribution in [1.29, 1.82) is 0 Å². The first kappa shape index (κ1) is 15.3. The van der Waals surface area contributed by atoms with E-state index < -0.39 is 5.97 Å². The fourth-order valence-electron chi connectivity index (χ4n) is 3.78. The van der Waals surface area contributed by atoms with Crippen LogP contribution in [0.5, 0.6) is 0 Å². The number of amides is 1. The maximum atomic E-state index is 12.3. The highest BCUT2D eigenvalue weighted by Crippen LogP contribution is 2.31. The Morgan fingerprint density at radius 1 is 0.950 bits per heavy atom. The Balaban J connectivity index is 1.79. The summed E-state index contributed by atoms with van der Waals surface area (Å²) in [4.78, 5) is 23.2. The lowest BCUT2D eigenvalue weighted by Gasteiger charge is -2.35. The number of rotatable bonds is 3. The summed E-state index contributed by atoms with van der Waals surface area (Å²) in [5.41, 5.74) is 0. The van der Waals surface area contributed by atoms with Gasteiger partial charge >= 0.3 is 5.97 Å². The molecule has 2 rings (SSSR count). The molecule has 0 heterocycles. The molecule has 2 aliphatic carbocycles. The fraction of sp³-hybridized carbons (Fsp3) is 0.875. The van der Waals surface area contributed by atoms with E-state index in [1.54, 1.807) is 0 Å². The maximum Gasteiger partial charge on any atom is 0.306 e. The molecule has 1 amide bonds. The minimum absolute atomic E-state index is 0.0251. The summed E-state index contributed by atoms with van der Waals surface area (Å²) >= 11 is 0. The molecule has 114 valence electrons. The average molecular weight is 281 g/mol. The molecule has 3 atom stereocenters. The lowest BCUT2D eigenvalue weighted by atomic mass is 9.78. The van der Waals surface area contributed by atoms with Crippen molar-refractivity contribution in [3.63, 3.8) is 0 Å². The minimum atomic E-state index is -0.709. The predicted octanol–water partition coefficient (Wildman–Crippen LogP) is 2.82. The molecule has 0 radical (unpaired) electrons. The molecule has 2 N–H and O–H groups in total. The number of aliphatic carboxylic acids is 1. The SMILES string of the molecule is CC1CCC(NC(=O)C2CCC(C(=O)O)CC2)C(C)C1. The van der Waals surface area contributed by atoms with Crippen molar-refractivity contribution in [3.05, 3.63) is 0 Å². The Labute approximate surface area is 121 Å². The van der Waals surface area contributed by atoms with E-state index in [1.807, 2.05) is 0 Å². The van der Waals surface area contributed by atoms with E-state index >= 15 is 0 Å². The zero-order valence-electron chi connectivity index (χ0n) is 12.6. The maximum absolute atomic E-state index is 12.3. The Morgan fingerprint density at radius 3 is 2.10 bits per heavy atom. The van der Waals surface area contributed by atoms with Gasteiger partial charge in [-0.3, -0.25) is 9.59 Å². The van der Waals surface area contributed by atoms with Crippen LogP contribution in [0.4, 0.5) is 0 Å². The second-order valence-corrected chi connectivity index (χ2v) is 6.90. The minimum Gasteiger partial charge on any atom is -0.481 e. The Hall–Kier alpha value is -1.06. The number of carboxylic acids is 1. The number of hydrogen-bond acceptors (Lipinski definition) is 2. The van der Waals surface area contributed by atoms with Gasteiger partial charge in [0.2, 0.25) is 5.91 Å². The zero-order valence-corrected chi connectivity index (χ0v) is 12.6. The van der Waals surface area contributed by atoms with E-state index in [1.165, 1.54) is 12.8 Å². The highest BCUT2D eigenvalue weighted by atomic mass is 16.4. The van der Waals surface area contributed by atoms with E-state index in [2.05, 4.69) is 19.2 Å². The van der Waals surface area contributed by atoms with Gasteiger partial charge in [0.25, 0.3) is 0 Å². The molecule has 0 spiro atoms. The second-order valence-electron chi connectivity index (χ2n) is 6.90. The standard InChI is InChI=1S/C16H27NO3/c1-10-3-8-14(11(2)9-10)17-15(18)12-4-6-13(7-5-12)16(19)20/h10-14H,3-9H2,1-2H3,(H,17,18)(H,19,20). The van der Waals surface area contributed by atoms with Crippen molar-refractivity contribution in [2.45, 2.75) is 64.8 Å². The van der Waals surface area contributed by atoms with Crippen molar-refractivity contribution >= 4 is 11.9 Å². The van der Waals surface area contributed by atoms with Gasteiger partial charge in [-0.2, -0.15) is 0 Å². The van der Waals surface area contributed by atoms with Crippen LogP contribution < -0.4 is 5.32 Å². The first-order valence-corrected chi connectivity index (χ1v) is 8.00. The van der Waals surface area contributed by atoms with Crippen molar-refractivity contribution in [2.75, 3.05) is 0 Å². The molecule has 0 aliphatic heterocycles. The Kier molecular flexibility index (Phi) is 5.06. The average Bonchev–Trinajstić information content (AvgIpc) is 2.42. The van der Waals surface area contributed by atoms with E-state index in [4.69, 9.17) is 5.11 Å². The third-order valence-electron chi connectivity index (χ3n) is 5.21. The van der Waals surface area contributed by atoms with Crippen LogP contribution in [0.1, 0.15) is 58.8 Å². The van der Waals surface area contributed by atoms with Gasteiger partial charge < -0.3 is 10.4 Å². The van der Waals surface area contributed by atoms with E-state index in [-0.39, 0.29) is 17.7 Å². The van der Waals surface area contributed by atoms with Crippen molar-refractivity contribution in [1.82, 2.24) is 5.32 Å². The summed E-state index contributed by atoms with van der Waals surface area (Å²) in [5, 5.41) is 12.2. The molecule has 0 aromatic rings. The summed E-state index contributed by atoms with van der Waals surface area (Å²) in [6.07, 6.45) is 6.20. The van der Waals surface area contributed by atoms with Crippen LogP contribution in [-0.2, 0) is 9.59 Å². The molecule has 2 aliphatic rings. The van der Waals surface area contributed by atoms with Gasteiger partial charge in [-0.15, -0.1) is 0 Å². The van der Waals surface area contributed by atoms with Crippen LogP contribution in [0, 0.1) is 23.7 Å². The smallest absolute Gasteiger partial charge is 0.306 e. The quantitative estimate of drug-likeness (QED) is 0.836. The summed E-state index contributed by atoms with van der Waals surface area (Å²) in [5.74, 6) is 0.548. The Morgan fingerprint density at radius 2 is 1.55 bits per heavy atom. The highest BCUT2D eigenvalue weighted by Gasteiger charge is 2.32. The topological polar surface area (TPSA) is 66.4 Å². The number of carbonyl (C=O) groups is 2. The molecule has 0 bridgehead atoms. The molecule has 20 heavy (non-hydrogen) atoms. The highest BCUT2D eigenvalue weighted by molar-refractivity contribution is 5.79. The Bertz CT molecular complexity index is 361. The van der Waals surface area contributed by atoms with Gasteiger partial charge in [0, 0.05) is 12.0 Å². The number of nitrogens with one attached hydrogen (secondary N) is 1. The van der Waals surface area contributed by atoms with Gasteiger partial charge in [-0.25, -0.2) is 0 Å². The molecule has 3 unspecified atom stereocenters. The zero-order chi connectivity index (χ0) is 14.7. The van der Waals surface area contributed by atoms with Crippen LogP contribution >= 0.6 is 0 Å². The van der Waals surface area contributed by atoms with E-state index in [9.17, 15) is 9.59 Å². The molecule has 2 fully saturated rings. The second kappa shape index (κ2) is 6.59. The van der Waals surface area contributed by atoms with Crippen LogP contribution in [0.25, 0.3) is 0 Å². The summed E-state index contributed by atoms with van der Waals surface area (Å²) in [6.45, 7) is 4.50. The molecule has 4 heteroatoms. The van der Waals surface area contributed by atoms with Crippen LogP contribution in [0.2, 0.25) is 0 Å². The van der Waals surface area contributed by atoms with Crippen molar-refractivity contribution in [2.24, 2.45) is 23.7 Å². The normalized spacial score (nSPS) is 38.2. The van der Waals surface area contributed by atoms with Gasteiger partial charge in [0.15, 0.2) is 0 Å². The van der Waals surface area contributed by atoms with Gasteiger partial charge in [-0.1, -0.05) is 13.8 Å².